The summed E-state index contributed by atoms with van der Waals surface area (Å²) >= 11 is 6.08. The van der Waals surface area contributed by atoms with Crippen molar-refractivity contribution < 1.29 is 4.39 Å². The molecule has 2 rings (SSSR count). The molecule has 1 aliphatic carbocycles. The van der Waals surface area contributed by atoms with E-state index in [1.54, 1.807) is 12.1 Å². The van der Waals surface area contributed by atoms with Gasteiger partial charge in [0.2, 0.25) is 0 Å². The second-order valence-electron chi connectivity index (χ2n) is 4.55. The lowest BCUT2D eigenvalue weighted by atomic mass is 9.95. The molecule has 0 spiro atoms. The van der Waals surface area contributed by atoms with Gasteiger partial charge in [-0.2, -0.15) is 0 Å². The molecule has 15 heavy (non-hydrogen) atoms. The van der Waals surface area contributed by atoms with Crippen molar-refractivity contribution in [3.8, 4) is 0 Å². The first kappa shape index (κ1) is 10.9. The average Bonchev–Trinajstić information content (AvgIpc) is 2.56. The number of benzene rings is 1. The summed E-state index contributed by atoms with van der Waals surface area (Å²) in [5, 5.41) is 0.357. The minimum absolute atomic E-state index is 0.141. The third-order valence-electron chi connectivity index (χ3n) is 3.29. The second-order valence-corrected chi connectivity index (χ2v) is 5.17. The van der Waals surface area contributed by atoms with E-state index >= 15 is 0 Å². The maximum atomic E-state index is 12.9. The Bertz CT molecular complexity index is 348. The van der Waals surface area contributed by atoms with Gasteiger partial charge in [0, 0.05) is 5.38 Å². The van der Waals surface area contributed by atoms with E-state index in [1.807, 2.05) is 13.0 Å². The predicted molar refractivity (Wildman–Crippen MR) is 61.8 cm³/mol. The van der Waals surface area contributed by atoms with E-state index in [1.165, 1.54) is 12.0 Å². The standard InChI is InChI=1S/C13H16ClF/c1-9-6-13(15)5-3-11(9)7-10-2-4-12(14)8-10/h3,5-6,10,12H,2,4,7-8H2,1H3. The Hall–Kier alpha value is -0.560. The smallest absolute Gasteiger partial charge is 0.123 e. The van der Waals surface area contributed by atoms with Gasteiger partial charge in [-0.15, -0.1) is 11.6 Å². The van der Waals surface area contributed by atoms with Crippen LogP contribution in [0.15, 0.2) is 18.2 Å². The maximum absolute atomic E-state index is 12.9. The van der Waals surface area contributed by atoms with Crippen LogP contribution < -0.4 is 0 Å². The number of aryl methyl sites for hydroxylation is 1. The lowest BCUT2D eigenvalue weighted by Crippen LogP contribution is -2.02. The highest BCUT2D eigenvalue weighted by Crippen LogP contribution is 2.32. The number of hydrogen-bond acceptors (Lipinski definition) is 0. The van der Waals surface area contributed by atoms with Crippen LogP contribution in [0.1, 0.15) is 30.4 Å². The molecule has 0 bridgehead atoms. The largest absolute Gasteiger partial charge is 0.207 e. The van der Waals surface area contributed by atoms with E-state index in [-0.39, 0.29) is 5.82 Å². The van der Waals surface area contributed by atoms with Crippen molar-refractivity contribution in [1.29, 1.82) is 0 Å². The Balaban J connectivity index is 2.04. The Kier molecular flexibility index (Phi) is 3.30. The molecule has 1 aliphatic rings. The maximum Gasteiger partial charge on any atom is 0.123 e. The monoisotopic (exact) mass is 226 g/mol. The van der Waals surface area contributed by atoms with E-state index in [2.05, 4.69) is 0 Å². The zero-order valence-electron chi connectivity index (χ0n) is 8.97. The van der Waals surface area contributed by atoms with Crippen molar-refractivity contribution in [3.63, 3.8) is 0 Å². The molecule has 0 N–H and O–H groups in total. The molecule has 2 atom stereocenters. The van der Waals surface area contributed by atoms with Gasteiger partial charge < -0.3 is 0 Å². The van der Waals surface area contributed by atoms with E-state index in [0.29, 0.717) is 11.3 Å². The van der Waals surface area contributed by atoms with Crippen LogP contribution in [0.2, 0.25) is 0 Å². The Morgan fingerprint density at radius 1 is 1.40 bits per heavy atom. The molecule has 0 aliphatic heterocycles. The van der Waals surface area contributed by atoms with E-state index in [0.717, 1.165) is 24.8 Å². The van der Waals surface area contributed by atoms with Crippen molar-refractivity contribution in [2.45, 2.75) is 38.0 Å². The molecule has 0 heterocycles. The molecule has 2 unspecified atom stereocenters. The molecule has 0 saturated heterocycles. The highest BCUT2D eigenvalue weighted by atomic mass is 35.5. The van der Waals surface area contributed by atoms with Gasteiger partial charge in [-0.05, 0) is 61.8 Å². The Morgan fingerprint density at radius 3 is 2.80 bits per heavy atom. The minimum atomic E-state index is -0.141. The van der Waals surface area contributed by atoms with Crippen LogP contribution >= 0.6 is 11.6 Å². The Morgan fingerprint density at radius 2 is 2.20 bits per heavy atom. The lowest BCUT2D eigenvalue weighted by Gasteiger charge is -2.11. The van der Waals surface area contributed by atoms with Gasteiger partial charge in [-0.1, -0.05) is 6.07 Å². The fraction of sp³-hybridized carbons (Fsp3) is 0.538. The SMILES string of the molecule is Cc1cc(F)ccc1CC1CCC(Cl)C1. The zero-order valence-corrected chi connectivity index (χ0v) is 9.73. The van der Waals surface area contributed by atoms with Gasteiger partial charge >= 0.3 is 0 Å². The number of rotatable bonds is 2. The summed E-state index contributed by atoms with van der Waals surface area (Å²) in [6, 6.07) is 5.07. The molecule has 0 amide bonds. The van der Waals surface area contributed by atoms with Crippen molar-refractivity contribution in [3.05, 3.63) is 35.1 Å². The van der Waals surface area contributed by atoms with Crippen LogP contribution in [0.4, 0.5) is 4.39 Å². The van der Waals surface area contributed by atoms with Crippen LogP contribution in [-0.2, 0) is 6.42 Å². The fourth-order valence-electron chi connectivity index (χ4n) is 2.40. The first-order valence-corrected chi connectivity index (χ1v) is 5.98. The molecule has 82 valence electrons. The molecular formula is C13H16ClF. The van der Waals surface area contributed by atoms with Gasteiger partial charge in [-0.3, -0.25) is 0 Å². The summed E-state index contributed by atoms with van der Waals surface area (Å²) < 4.78 is 12.9. The summed E-state index contributed by atoms with van der Waals surface area (Å²) in [7, 11) is 0. The normalized spacial score (nSPS) is 25.8. The van der Waals surface area contributed by atoms with Gasteiger partial charge in [-0.25, -0.2) is 4.39 Å². The third kappa shape index (κ3) is 2.72. The van der Waals surface area contributed by atoms with E-state index < -0.39 is 0 Å². The highest BCUT2D eigenvalue weighted by Gasteiger charge is 2.23. The Labute approximate surface area is 95.4 Å². The number of hydrogen-bond donors (Lipinski definition) is 0. The topological polar surface area (TPSA) is 0 Å². The zero-order chi connectivity index (χ0) is 10.8. The third-order valence-corrected chi connectivity index (χ3v) is 3.69. The molecule has 0 aromatic heterocycles. The molecular weight excluding hydrogens is 211 g/mol. The van der Waals surface area contributed by atoms with Crippen LogP contribution in [0.5, 0.6) is 0 Å². The van der Waals surface area contributed by atoms with Crippen molar-refractivity contribution in [2.75, 3.05) is 0 Å². The summed E-state index contributed by atoms with van der Waals surface area (Å²) in [5.41, 5.74) is 2.33. The second kappa shape index (κ2) is 4.52. The first-order chi connectivity index (χ1) is 7.15. The van der Waals surface area contributed by atoms with Crippen LogP contribution in [0.25, 0.3) is 0 Å². The van der Waals surface area contributed by atoms with Gasteiger partial charge in [0.1, 0.15) is 5.82 Å². The van der Waals surface area contributed by atoms with Crippen LogP contribution in [0, 0.1) is 18.7 Å². The molecule has 1 saturated carbocycles. The summed E-state index contributed by atoms with van der Waals surface area (Å²) in [6.45, 7) is 1.98. The summed E-state index contributed by atoms with van der Waals surface area (Å²) in [5.74, 6) is 0.551. The van der Waals surface area contributed by atoms with Gasteiger partial charge in [0.25, 0.3) is 0 Å². The van der Waals surface area contributed by atoms with Gasteiger partial charge in [0.15, 0.2) is 0 Å². The molecule has 1 aromatic rings. The van der Waals surface area contributed by atoms with E-state index in [9.17, 15) is 4.39 Å². The quantitative estimate of drug-likeness (QED) is 0.667. The molecule has 2 heteroatoms. The van der Waals surface area contributed by atoms with Crippen molar-refractivity contribution in [2.24, 2.45) is 5.92 Å². The average molecular weight is 227 g/mol. The van der Waals surface area contributed by atoms with Crippen molar-refractivity contribution >= 4 is 11.6 Å². The summed E-state index contributed by atoms with van der Waals surface area (Å²) in [4.78, 5) is 0. The minimum Gasteiger partial charge on any atom is -0.207 e. The predicted octanol–water partition coefficient (Wildman–Crippen LogP) is 4.08. The van der Waals surface area contributed by atoms with Crippen LogP contribution in [0.3, 0.4) is 0 Å². The number of halogens is 2. The van der Waals surface area contributed by atoms with Gasteiger partial charge in [0.05, 0.1) is 0 Å². The fourth-order valence-corrected chi connectivity index (χ4v) is 2.78. The highest BCUT2D eigenvalue weighted by molar-refractivity contribution is 6.20. The molecule has 1 aromatic carbocycles. The molecule has 0 nitrogen and oxygen atoms in total. The molecule has 1 fully saturated rings. The lowest BCUT2D eigenvalue weighted by molar-refractivity contribution is 0.544. The van der Waals surface area contributed by atoms with Crippen molar-refractivity contribution in [1.82, 2.24) is 0 Å². The van der Waals surface area contributed by atoms with E-state index in [4.69, 9.17) is 11.6 Å². The first-order valence-electron chi connectivity index (χ1n) is 5.54. The number of alkyl halides is 1. The van der Waals surface area contributed by atoms with Crippen LogP contribution in [-0.4, -0.2) is 5.38 Å². The molecule has 0 radical (unpaired) electrons. The summed E-state index contributed by atoms with van der Waals surface area (Å²) in [6.07, 6.45) is 4.51.